The number of anilines is 4. The molecule has 0 bridgehead atoms. The van der Waals surface area contributed by atoms with Crippen molar-refractivity contribution in [1.82, 2.24) is 15.2 Å². The molecule has 0 atom stereocenters. The molecule has 9 nitrogen and oxygen atoms in total. The molecule has 2 aromatic carbocycles. The number of nitrogens with zero attached hydrogens (tertiary/aromatic N) is 3. The first-order chi connectivity index (χ1) is 14.2. The Labute approximate surface area is 167 Å². The number of benzene rings is 2. The van der Waals surface area contributed by atoms with Gasteiger partial charge in [0.1, 0.15) is 13.2 Å². The molecule has 1 aliphatic rings. The lowest BCUT2D eigenvalue weighted by Crippen LogP contribution is -2.15. The minimum absolute atomic E-state index is 0.292. The highest BCUT2D eigenvalue weighted by Crippen LogP contribution is 2.33. The van der Waals surface area contributed by atoms with Crippen molar-refractivity contribution in [1.29, 1.82) is 0 Å². The summed E-state index contributed by atoms with van der Waals surface area (Å²) in [6.07, 6.45) is 1.47. The first kappa shape index (κ1) is 18.5. The van der Waals surface area contributed by atoms with Gasteiger partial charge in [0.15, 0.2) is 17.3 Å². The van der Waals surface area contributed by atoms with Crippen LogP contribution in [0.15, 0.2) is 48.7 Å². The summed E-state index contributed by atoms with van der Waals surface area (Å²) in [4.78, 5) is 16.5. The summed E-state index contributed by atoms with van der Waals surface area (Å²) in [6.45, 7) is 3.10. The van der Waals surface area contributed by atoms with Crippen LogP contribution in [0.2, 0.25) is 0 Å². The predicted molar refractivity (Wildman–Crippen MR) is 106 cm³/mol. The van der Waals surface area contributed by atoms with Crippen molar-refractivity contribution < 1.29 is 19.0 Å². The number of esters is 1. The van der Waals surface area contributed by atoms with Crippen molar-refractivity contribution in [2.75, 3.05) is 30.5 Å². The van der Waals surface area contributed by atoms with Gasteiger partial charge in [-0.15, -0.1) is 5.10 Å². The zero-order valence-corrected chi connectivity index (χ0v) is 15.7. The van der Waals surface area contributed by atoms with Crippen molar-refractivity contribution in [3.05, 3.63) is 54.2 Å². The number of hydrogen-bond acceptors (Lipinski definition) is 9. The molecule has 0 saturated heterocycles. The number of fused-ring (bicyclic) bond motifs is 1. The molecule has 2 N–H and O–H groups in total. The molecule has 1 aliphatic heterocycles. The number of para-hydroxylation sites is 1. The molecular weight excluding hydrogens is 374 g/mol. The fraction of sp³-hybridized carbons (Fsp3) is 0.200. The number of nitrogens with one attached hydrogen (secondary N) is 2. The van der Waals surface area contributed by atoms with Crippen LogP contribution in [0.5, 0.6) is 11.5 Å². The van der Waals surface area contributed by atoms with Crippen molar-refractivity contribution in [3.8, 4) is 11.5 Å². The minimum Gasteiger partial charge on any atom is -0.486 e. The summed E-state index contributed by atoms with van der Waals surface area (Å²) < 4.78 is 16.2. The smallest absolute Gasteiger partial charge is 0.340 e. The van der Waals surface area contributed by atoms with Gasteiger partial charge in [-0.2, -0.15) is 10.1 Å². The van der Waals surface area contributed by atoms with Gasteiger partial charge in [-0.1, -0.05) is 12.1 Å². The Hall–Kier alpha value is -3.88. The largest absolute Gasteiger partial charge is 0.486 e. The van der Waals surface area contributed by atoms with Gasteiger partial charge < -0.3 is 24.8 Å². The Balaban J connectivity index is 1.52. The minimum atomic E-state index is -0.410. The van der Waals surface area contributed by atoms with Crippen molar-refractivity contribution in [2.24, 2.45) is 0 Å². The predicted octanol–water partition coefficient (Wildman–Crippen LogP) is 3.31. The lowest BCUT2D eigenvalue weighted by atomic mass is 10.2. The first-order valence-corrected chi connectivity index (χ1v) is 9.12. The van der Waals surface area contributed by atoms with Gasteiger partial charge >= 0.3 is 5.97 Å². The highest BCUT2D eigenvalue weighted by molar-refractivity contribution is 5.96. The van der Waals surface area contributed by atoms with Crippen molar-refractivity contribution in [3.63, 3.8) is 0 Å². The number of aromatic nitrogens is 3. The van der Waals surface area contributed by atoms with E-state index in [1.54, 1.807) is 25.1 Å². The summed E-state index contributed by atoms with van der Waals surface area (Å²) in [7, 11) is 0. The van der Waals surface area contributed by atoms with Gasteiger partial charge in [-0.3, -0.25) is 0 Å². The lowest BCUT2D eigenvalue weighted by molar-refractivity contribution is 0.0527. The van der Waals surface area contributed by atoms with Gasteiger partial charge in [0, 0.05) is 11.8 Å². The van der Waals surface area contributed by atoms with Crippen molar-refractivity contribution in [2.45, 2.75) is 6.92 Å². The number of carbonyl (C=O) groups excluding carboxylic acids is 1. The van der Waals surface area contributed by atoms with Crippen LogP contribution in [0.1, 0.15) is 17.3 Å². The van der Waals surface area contributed by atoms with E-state index in [-0.39, 0.29) is 0 Å². The number of rotatable bonds is 6. The van der Waals surface area contributed by atoms with Crippen LogP contribution < -0.4 is 20.1 Å². The first-order valence-electron chi connectivity index (χ1n) is 9.12. The molecule has 9 heteroatoms. The number of hydrogen-bond donors (Lipinski definition) is 2. The van der Waals surface area contributed by atoms with E-state index in [4.69, 9.17) is 14.2 Å². The topological polar surface area (TPSA) is 107 Å². The summed E-state index contributed by atoms with van der Waals surface area (Å²) >= 11 is 0. The molecule has 4 rings (SSSR count). The summed E-state index contributed by atoms with van der Waals surface area (Å²) in [5.41, 5.74) is 1.71. The van der Waals surface area contributed by atoms with Gasteiger partial charge in [0.2, 0.25) is 5.95 Å². The fourth-order valence-corrected chi connectivity index (χ4v) is 2.78. The van der Waals surface area contributed by atoms with Crippen LogP contribution in [-0.4, -0.2) is 41.0 Å². The van der Waals surface area contributed by atoms with E-state index in [2.05, 4.69) is 25.8 Å². The van der Waals surface area contributed by atoms with Crippen LogP contribution in [0.3, 0.4) is 0 Å². The van der Waals surface area contributed by atoms with E-state index in [1.165, 1.54) is 6.20 Å². The Morgan fingerprint density at radius 3 is 2.79 bits per heavy atom. The summed E-state index contributed by atoms with van der Waals surface area (Å²) in [5, 5.41) is 14.1. The Bertz CT molecular complexity index is 1030. The van der Waals surface area contributed by atoms with E-state index in [0.29, 0.717) is 54.3 Å². The highest BCUT2D eigenvalue weighted by Gasteiger charge is 2.14. The third-order valence-electron chi connectivity index (χ3n) is 4.04. The van der Waals surface area contributed by atoms with Crippen molar-refractivity contribution >= 4 is 29.1 Å². The zero-order valence-electron chi connectivity index (χ0n) is 15.7. The molecule has 2 heterocycles. The zero-order chi connectivity index (χ0) is 20.1. The molecule has 148 valence electrons. The maximum absolute atomic E-state index is 12.1. The standard InChI is InChI=1S/C20H19N5O4/c1-2-27-19(26)14-5-3-4-6-15(14)23-18-12-21-25-20(24-18)22-13-7-8-16-17(11-13)29-10-9-28-16/h3-8,11-12H,2,9-10H2,1H3,(H2,22,23,24,25). The second-order valence-corrected chi connectivity index (χ2v) is 6.04. The third-order valence-corrected chi connectivity index (χ3v) is 4.04. The van der Waals surface area contributed by atoms with Crippen LogP contribution in [0, 0.1) is 0 Å². The second kappa shape index (κ2) is 8.42. The molecule has 0 aliphatic carbocycles. The third kappa shape index (κ3) is 4.34. The van der Waals surface area contributed by atoms with Crippen LogP contribution in [-0.2, 0) is 4.74 Å². The van der Waals surface area contributed by atoms with E-state index in [0.717, 1.165) is 5.69 Å². The monoisotopic (exact) mass is 393 g/mol. The quantitative estimate of drug-likeness (QED) is 0.610. The number of carbonyl (C=O) groups is 1. The van der Waals surface area contributed by atoms with Gasteiger partial charge in [0.25, 0.3) is 0 Å². The summed E-state index contributed by atoms with van der Waals surface area (Å²) in [5.74, 6) is 1.67. The molecule has 0 fully saturated rings. The lowest BCUT2D eigenvalue weighted by Gasteiger charge is -2.19. The molecule has 0 spiro atoms. The normalized spacial score (nSPS) is 12.2. The number of ether oxygens (including phenoxy) is 3. The average Bonchev–Trinajstić information content (AvgIpc) is 2.74. The van der Waals surface area contributed by atoms with Crippen LogP contribution >= 0.6 is 0 Å². The van der Waals surface area contributed by atoms with E-state index >= 15 is 0 Å². The van der Waals surface area contributed by atoms with Gasteiger partial charge in [-0.25, -0.2) is 4.79 Å². The van der Waals surface area contributed by atoms with E-state index < -0.39 is 5.97 Å². The molecule has 0 amide bonds. The average molecular weight is 393 g/mol. The van der Waals surface area contributed by atoms with E-state index in [1.807, 2.05) is 24.3 Å². The van der Waals surface area contributed by atoms with Crippen LogP contribution in [0.4, 0.5) is 23.1 Å². The molecule has 1 aromatic heterocycles. The Morgan fingerprint density at radius 2 is 1.93 bits per heavy atom. The summed E-state index contributed by atoms with van der Waals surface area (Å²) in [6, 6.07) is 12.5. The Kier molecular flexibility index (Phi) is 5.37. The second-order valence-electron chi connectivity index (χ2n) is 6.04. The fourth-order valence-electron chi connectivity index (χ4n) is 2.78. The van der Waals surface area contributed by atoms with E-state index in [9.17, 15) is 4.79 Å². The molecule has 0 saturated carbocycles. The SMILES string of the molecule is CCOC(=O)c1ccccc1Nc1cnnc(Nc2ccc3c(c2)OCCO3)n1. The maximum Gasteiger partial charge on any atom is 0.340 e. The molecular formula is C20H19N5O4. The van der Waals surface area contributed by atoms with Crippen LogP contribution in [0.25, 0.3) is 0 Å². The molecule has 3 aromatic rings. The molecule has 0 radical (unpaired) electrons. The maximum atomic E-state index is 12.1. The van der Waals surface area contributed by atoms with Gasteiger partial charge in [-0.05, 0) is 31.2 Å². The Morgan fingerprint density at radius 1 is 1.10 bits per heavy atom. The highest BCUT2D eigenvalue weighted by atomic mass is 16.6. The molecule has 29 heavy (non-hydrogen) atoms. The molecule has 0 unspecified atom stereocenters. The van der Waals surface area contributed by atoms with Gasteiger partial charge in [0.05, 0.1) is 24.1 Å².